The van der Waals surface area contributed by atoms with Gasteiger partial charge in [-0.1, -0.05) is 27.5 Å². The molecule has 0 heterocycles. The summed E-state index contributed by atoms with van der Waals surface area (Å²) >= 11 is 8.82. The van der Waals surface area contributed by atoms with Crippen LogP contribution in [0.4, 0.5) is 8.78 Å². The molecule has 0 fully saturated rings. The van der Waals surface area contributed by atoms with E-state index in [1.54, 1.807) is 6.07 Å². The molecule has 0 spiro atoms. The quantitative estimate of drug-likeness (QED) is 0.759. The number of ether oxygens (including phenoxy) is 1. The molecule has 0 saturated carbocycles. The average molecular weight is 271 g/mol. The van der Waals surface area contributed by atoms with Crippen LogP contribution < -0.4 is 4.74 Å². The Balaban J connectivity index is 2.92. The Kier molecular flexibility index (Phi) is 3.93. The van der Waals surface area contributed by atoms with Gasteiger partial charge < -0.3 is 4.74 Å². The van der Waals surface area contributed by atoms with Gasteiger partial charge >= 0.3 is 6.61 Å². The molecule has 0 radical (unpaired) electrons. The standard InChI is InChI=1S/C8H6BrClF2O/c9-4-5-3-6(10)1-2-7(5)13-8(11)12/h1-3,8H,4H2. The molecule has 0 aliphatic rings. The van der Waals surface area contributed by atoms with E-state index in [1.807, 2.05) is 0 Å². The second-order valence-corrected chi connectivity index (χ2v) is 3.26. The fourth-order valence-electron chi connectivity index (χ4n) is 0.863. The van der Waals surface area contributed by atoms with E-state index in [-0.39, 0.29) is 5.75 Å². The summed E-state index contributed by atoms with van der Waals surface area (Å²) in [4.78, 5) is 0. The van der Waals surface area contributed by atoms with E-state index in [0.717, 1.165) is 0 Å². The molecule has 0 N–H and O–H groups in total. The largest absolute Gasteiger partial charge is 0.435 e. The van der Waals surface area contributed by atoms with Crippen molar-refractivity contribution in [2.45, 2.75) is 11.9 Å². The van der Waals surface area contributed by atoms with E-state index < -0.39 is 6.61 Å². The van der Waals surface area contributed by atoms with Crippen molar-refractivity contribution in [2.75, 3.05) is 0 Å². The Bertz CT molecular complexity index is 293. The maximum atomic E-state index is 11.9. The van der Waals surface area contributed by atoms with Crippen LogP contribution in [0, 0.1) is 0 Å². The van der Waals surface area contributed by atoms with E-state index in [0.29, 0.717) is 15.9 Å². The highest BCUT2D eigenvalue weighted by Crippen LogP contribution is 2.26. The molecule has 5 heteroatoms. The summed E-state index contributed by atoms with van der Waals surface area (Å²) in [6.07, 6.45) is 0. The first-order valence-electron chi connectivity index (χ1n) is 3.42. The van der Waals surface area contributed by atoms with Gasteiger partial charge in [-0.25, -0.2) is 0 Å². The molecule has 0 atom stereocenters. The number of alkyl halides is 3. The highest BCUT2D eigenvalue weighted by molar-refractivity contribution is 9.08. The molecule has 1 rings (SSSR count). The third kappa shape index (κ3) is 3.12. The molecule has 0 bridgehead atoms. The molecule has 0 aliphatic carbocycles. The van der Waals surface area contributed by atoms with E-state index in [9.17, 15) is 8.78 Å². The van der Waals surface area contributed by atoms with Gasteiger partial charge in [0.25, 0.3) is 0 Å². The molecule has 0 aromatic heterocycles. The van der Waals surface area contributed by atoms with E-state index >= 15 is 0 Å². The van der Waals surface area contributed by atoms with Crippen molar-refractivity contribution in [2.24, 2.45) is 0 Å². The summed E-state index contributed by atoms with van der Waals surface area (Å²) in [5.74, 6) is 0.149. The van der Waals surface area contributed by atoms with E-state index in [1.165, 1.54) is 12.1 Å². The predicted octanol–water partition coefficient (Wildman–Crippen LogP) is 3.84. The Morgan fingerprint density at radius 3 is 2.69 bits per heavy atom. The zero-order valence-corrected chi connectivity index (χ0v) is 8.78. The fraction of sp³-hybridized carbons (Fsp3) is 0.250. The first-order valence-corrected chi connectivity index (χ1v) is 4.92. The molecule has 0 amide bonds. The second-order valence-electron chi connectivity index (χ2n) is 2.26. The molecule has 0 saturated heterocycles. The van der Waals surface area contributed by atoms with Crippen LogP contribution in [0.25, 0.3) is 0 Å². The number of benzene rings is 1. The first-order chi connectivity index (χ1) is 6.13. The van der Waals surface area contributed by atoms with Crippen molar-refractivity contribution in [3.8, 4) is 5.75 Å². The monoisotopic (exact) mass is 270 g/mol. The SMILES string of the molecule is FC(F)Oc1ccc(Cl)cc1CBr. The van der Waals surface area contributed by atoms with Crippen molar-refractivity contribution in [1.82, 2.24) is 0 Å². The zero-order chi connectivity index (χ0) is 9.84. The Morgan fingerprint density at radius 1 is 1.46 bits per heavy atom. The maximum Gasteiger partial charge on any atom is 0.387 e. The Labute approximate surface area is 87.8 Å². The van der Waals surface area contributed by atoms with Gasteiger partial charge in [-0.2, -0.15) is 8.78 Å². The summed E-state index contributed by atoms with van der Waals surface area (Å²) in [7, 11) is 0. The van der Waals surface area contributed by atoms with Gasteiger partial charge in [0.1, 0.15) is 5.75 Å². The van der Waals surface area contributed by atoms with Gasteiger partial charge in [0, 0.05) is 15.9 Å². The van der Waals surface area contributed by atoms with Crippen LogP contribution in [-0.4, -0.2) is 6.61 Å². The minimum absolute atomic E-state index is 0.149. The van der Waals surface area contributed by atoms with Gasteiger partial charge in [0.05, 0.1) is 0 Å². The van der Waals surface area contributed by atoms with Gasteiger partial charge in [-0.15, -0.1) is 0 Å². The third-order valence-electron chi connectivity index (χ3n) is 1.38. The number of hydrogen-bond acceptors (Lipinski definition) is 1. The van der Waals surface area contributed by atoms with Crippen molar-refractivity contribution in [3.63, 3.8) is 0 Å². The highest BCUT2D eigenvalue weighted by Gasteiger charge is 2.08. The van der Waals surface area contributed by atoms with Crippen molar-refractivity contribution in [1.29, 1.82) is 0 Å². The summed E-state index contributed by atoms with van der Waals surface area (Å²) in [6.45, 7) is -2.81. The summed E-state index contributed by atoms with van der Waals surface area (Å²) in [6, 6.07) is 4.50. The van der Waals surface area contributed by atoms with Crippen molar-refractivity contribution < 1.29 is 13.5 Å². The minimum Gasteiger partial charge on any atom is -0.435 e. The molecular formula is C8H6BrClF2O. The third-order valence-corrected chi connectivity index (χ3v) is 2.22. The molecule has 1 nitrogen and oxygen atoms in total. The van der Waals surface area contributed by atoms with E-state index in [4.69, 9.17) is 11.6 Å². The van der Waals surface area contributed by atoms with Gasteiger partial charge in [-0.05, 0) is 18.2 Å². The number of halogens is 4. The predicted molar refractivity (Wildman–Crippen MR) is 50.7 cm³/mol. The maximum absolute atomic E-state index is 11.9. The normalized spacial score (nSPS) is 10.5. The van der Waals surface area contributed by atoms with Gasteiger partial charge in [-0.3, -0.25) is 0 Å². The first kappa shape index (κ1) is 10.7. The smallest absolute Gasteiger partial charge is 0.387 e. The second kappa shape index (κ2) is 4.77. The van der Waals surface area contributed by atoms with Crippen LogP contribution in [0.15, 0.2) is 18.2 Å². The number of hydrogen-bond donors (Lipinski definition) is 0. The fourth-order valence-corrected chi connectivity index (χ4v) is 1.50. The van der Waals surface area contributed by atoms with Crippen LogP contribution in [0.3, 0.4) is 0 Å². The summed E-state index contributed by atoms with van der Waals surface area (Å²) < 4.78 is 28.0. The minimum atomic E-state index is -2.81. The van der Waals surface area contributed by atoms with Crippen LogP contribution in [-0.2, 0) is 5.33 Å². The summed E-state index contributed by atoms with van der Waals surface area (Å²) in [5.41, 5.74) is 0.604. The zero-order valence-electron chi connectivity index (χ0n) is 6.44. The molecule has 0 unspecified atom stereocenters. The molecule has 72 valence electrons. The lowest BCUT2D eigenvalue weighted by atomic mass is 10.2. The average Bonchev–Trinajstić information content (AvgIpc) is 2.07. The highest BCUT2D eigenvalue weighted by atomic mass is 79.9. The van der Waals surface area contributed by atoms with Crippen LogP contribution in [0.1, 0.15) is 5.56 Å². The lowest BCUT2D eigenvalue weighted by Crippen LogP contribution is -2.03. The molecular weight excluding hydrogens is 265 g/mol. The van der Waals surface area contributed by atoms with Crippen LogP contribution in [0.2, 0.25) is 5.02 Å². The molecule has 0 aliphatic heterocycles. The Hall–Kier alpha value is -0.350. The molecule has 1 aromatic carbocycles. The molecule has 1 aromatic rings. The van der Waals surface area contributed by atoms with E-state index in [2.05, 4.69) is 20.7 Å². The lowest BCUT2D eigenvalue weighted by molar-refractivity contribution is -0.0503. The molecule has 13 heavy (non-hydrogen) atoms. The van der Waals surface area contributed by atoms with Gasteiger partial charge in [0.2, 0.25) is 0 Å². The van der Waals surface area contributed by atoms with Crippen molar-refractivity contribution in [3.05, 3.63) is 28.8 Å². The lowest BCUT2D eigenvalue weighted by Gasteiger charge is -2.08. The Morgan fingerprint density at radius 2 is 2.15 bits per heavy atom. The van der Waals surface area contributed by atoms with Crippen LogP contribution >= 0.6 is 27.5 Å². The topological polar surface area (TPSA) is 9.23 Å². The summed E-state index contributed by atoms with van der Waals surface area (Å²) in [5, 5.41) is 0.923. The van der Waals surface area contributed by atoms with Crippen molar-refractivity contribution >= 4 is 27.5 Å². The van der Waals surface area contributed by atoms with Gasteiger partial charge in [0.15, 0.2) is 0 Å². The van der Waals surface area contributed by atoms with Crippen LogP contribution in [0.5, 0.6) is 5.75 Å². The number of rotatable bonds is 3.